The molecule has 4 rings (SSSR count). The number of hydrogen-bond donors (Lipinski definition) is 1. The lowest BCUT2D eigenvalue weighted by molar-refractivity contribution is 0.0698. The molecule has 2 fully saturated rings. The van der Waals surface area contributed by atoms with Crippen LogP contribution in [0, 0.1) is 0 Å². The summed E-state index contributed by atoms with van der Waals surface area (Å²) in [7, 11) is 0. The largest absolute Gasteiger partial charge is 0.477 e. The molecule has 2 aromatic rings. The maximum absolute atomic E-state index is 11.1. The third-order valence-electron chi connectivity index (χ3n) is 3.78. The zero-order valence-electron chi connectivity index (χ0n) is 10.1. The number of aromatic nitrogens is 3. The number of ether oxygens (including phenoxy) is 1. The van der Waals surface area contributed by atoms with Crippen molar-refractivity contribution in [1.29, 1.82) is 0 Å². The quantitative estimate of drug-likeness (QED) is 0.842. The Hall–Kier alpha value is -2.15. The van der Waals surface area contributed by atoms with Crippen LogP contribution in [0.5, 0.6) is 0 Å². The van der Waals surface area contributed by atoms with E-state index in [2.05, 4.69) is 15.0 Å². The lowest BCUT2D eigenvalue weighted by atomic mass is 10.2. The first-order valence-corrected chi connectivity index (χ1v) is 6.18. The van der Waals surface area contributed by atoms with Crippen LogP contribution < -0.4 is 4.90 Å². The van der Waals surface area contributed by atoms with E-state index in [1.165, 1.54) is 10.7 Å². The van der Waals surface area contributed by atoms with Crippen molar-refractivity contribution >= 4 is 17.4 Å². The molecule has 0 aromatic carbocycles. The molecule has 0 radical (unpaired) electrons. The van der Waals surface area contributed by atoms with Crippen LogP contribution in [0.4, 0.5) is 5.82 Å². The fourth-order valence-corrected chi connectivity index (χ4v) is 2.85. The van der Waals surface area contributed by atoms with Crippen molar-refractivity contribution < 1.29 is 14.6 Å². The van der Waals surface area contributed by atoms with Crippen molar-refractivity contribution in [2.45, 2.75) is 18.6 Å². The molecule has 19 heavy (non-hydrogen) atoms. The number of aromatic carboxylic acids is 1. The number of fused-ring (bicyclic) bond motifs is 3. The summed E-state index contributed by atoms with van der Waals surface area (Å²) in [5, 5.41) is 13.1. The minimum atomic E-state index is -1.01. The summed E-state index contributed by atoms with van der Waals surface area (Å²) in [6.07, 6.45) is 4.38. The van der Waals surface area contributed by atoms with Crippen LogP contribution in [0.1, 0.15) is 16.8 Å². The molecule has 2 aliphatic heterocycles. The lowest BCUT2D eigenvalue weighted by Crippen LogP contribution is -2.37. The van der Waals surface area contributed by atoms with Crippen molar-refractivity contribution in [2.24, 2.45) is 0 Å². The van der Waals surface area contributed by atoms with Crippen molar-refractivity contribution in [3.8, 4) is 0 Å². The number of hydrogen-bond acceptors (Lipinski definition) is 5. The summed E-state index contributed by atoms with van der Waals surface area (Å²) in [6, 6.07) is 2.22. The fraction of sp³-hybridized carbons (Fsp3) is 0.417. The smallest absolute Gasteiger partial charge is 0.341 e. The van der Waals surface area contributed by atoms with Gasteiger partial charge >= 0.3 is 5.97 Å². The van der Waals surface area contributed by atoms with E-state index in [1.807, 2.05) is 6.07 Å². The van der Waals surface area contributed by atoms with E-state index >= 15 is 0 Å². The molecular weight excluding hydrogens is 248 g/mol. The number of carboxylic acids is 1. The summed E-state index contributed by atoms with van der Waals surface area (Å²) >= 11 is 0. The Labute approximate surface area is 108 Å². The number of morpholine rings is 1. The van der Waals surface area contributed by atoms with Crippen molar-refractivity contribution in [1.82, 2.24) is 14.6 Å². The van der Waals surface area contributed by atoms with E-state index in [0.717, 1.165) is 25.4 Å². The summed E-state index contributed by atoms with van der Waals surface area (Å²) in [5.74, 6) is -0.211. The molecule has 0 amide bonds. The molecule has 2 atom stereocenters. The van der Waals surface area contributed by atoms with Gasteiger partial charge in [-0.05, 0) is 12.5 Å². The van der Waals surface area contributed by atoms with Gasteiger partial charge < -0.3 is 14.7 Å². The Balaban J connectivity index is 1.79. The monoisotopic (exact) mass is 260 g/mol. The number of nitrogens with zero attached hydrogens (tertiary/aromatic N) is 4. The van der Waals surface area contributed by atoms with Gasteiger partial charge in [-0.2, -0.15) is 5.10 Å². The third-order valence-corrected chi connectivity index (χ3v) is 3.78. The topological polar surface area (TPSA) is 80.0 Å². The van der Waals surface area contributed by atoms with Gasteiger partial charge in [-0.3, -0.25) is 0 Å². The van der Waals surface area contributed by atoms with Gasteiger partial charge in [0, 0.05) is 12.7 Å². The van der Waals surface area contributed by atoms with Gasteiger partial charge in [0.1, 0.15) is 11.4 Å². The Kier molecular flexibility index (Phi) is 2.08. The average Bonchev–Trinajstić information content (AvgIpc) is 3.12. The standard InChI is InChI=1S/C12H12N4O3/c17-12(18)9-4-13-16-2-1-10(14-11(9)16)15-5-8-3-7(15)6-19-8/h1-2,4,7-8H,3,5-6H2,(H,17,18)/t7?,8-/m1/s1. The summed E-state index contributed by atoms with van der Waals surface area (Å²) in [5.41, 5.74) is 0.510. The average molecular weight is 260 g/mol. The van der Waals surface area contributed by atoms with E-state index in [-0.39, 0.29) is 11.7 Å². The molecule has 7 nitrogen and oxygen atoms in total. The molecule has 0 saturated carbocycles. The highest BCUT2D eigenvalue weighted by Gasteiger charge is 2.39. The van der Waals surface area contributed by atoms with Crippen LogP contribution in [-0.2, 0) is 4.74 Å². The van der Waals surface area contributed by atoms with E-state index in [9.17, 15) is 4.79 Å². The van der Waals surface area contributed by atoms with Gasteiger partial charge in [0.05, 0.1) is 24.9 Å². The summed E-state index contributed by atoms with van der Waals surface area (Å²) in [6.45, 7) is 1.55. The number of carbonyl (C=O) groups is 1. The first-order valence-electron chi connectivity index (χ1n) is 6.18. The molecule has 2 aromatic heterocycles. The van der Waals surface area contributed by atoms with Crippen molar-refractivity contribution in [2.75, 3.05) is 18.1 Å². The van der Waals surface area contributed by atoms with Crippen LogP contribution >= 0.6 is 0 Å². The van der Waals surface area contributed by atoms with Gasteiger partial charge in [-0.1, -0.05) is 0 Å². The van der Waals surface area contributed by atoms with Gasteiger partial charge in [-0.15, -0.1) is 0 Å². The highest BCUT2D eigenvalue weighted by atomic mass is 16.5. The maximum Gasteiger partial charge on any atom is 0.341 e. The Morgan fingerprint density at radius 1 is 1.53 bits per heavy atom. The molecule has 2 aliphatic rings. The molecule has 2 bridgehead atoms. The molecule has 2 saturated heterocycles. The van der Waals surface area contributed by atoms with E-state index in [0.29, 0.717) is 11.7 Å². The zero-order chi connectivity index (χ0) is 13.0. The van der Waals surface area contributed by atoms with Crippen LogP contribution in [0.15, 0.2) is 18.5 Å². The van der Waals surface area contributed by atoms with Crippen LogP contribution in [-0.4, -0.2) is 51.0 Å². The second kappa shape index (κ2) is 3.67. The molecule has 4 heterocycles. The first kappa shape index (κ1) is 10.7. The van der Waals surface area contributed by atoms with Crippen LogP contribution in [0.25, 0.3) is 5.65 Å². The normalized spacial score (nSPS) is 25.4. The van der Waals surface area contributed by atoms with Gasteiger partial charge in [0.2, 0.25) is 0 Å². The number of carboxylic acid groups (broad SMARTS) is 1. The zero-order valence-corrected chi connectivity index (χ0v) is 10.1. The van der Waals surface area contributed by atoms with Gasteiger partial charge in [0.15, 0.2) is 5.65 Å². The molecular formula is C12H12N4O3. The number of rotatable bonds is 2. The third kappa shape index (κ3) is 1.51. The molecule has 7 heteroatoms. The van der Waals surface area contributed by atoms with Crippen molar-refractivity contribution in [3.63, 3.8) is 0 Å². The number of anilines is 1. The predicted molar refractivity (Wildman–Crippen MR) is 65.4 cm³/mol. The maximum atomic E-state index is 11.1. The highest BCUT2D eigenvalue weighted by molar-refractivity contribution is 5.94. The summed E-state index contributed by atoms with van der Waals surface area (Å²) < 4.78 is 7.04. The lowest BCUT2D eigenvalue weighted by Gasteiger charge is -2.27. The minimum Gasteiger partial charge on any atom is -0.477 e. The van der Waals surface area contributed by atoms with E-state index in [1.54, 1.807) is 6.20 Å². The predicted octanol–water partition coefficient (Wildman–Crippen LogP) is 0.405. The SMILES string of the molecule is O=C(O)c1cnn2ccc(N3C[C@H]4CC3CO4)nc12. The Bertz CT molecular complexity index is 668. The molecule has 1 unspecified atom stereocenters. The molecule has 1 N–H and O–H groups in total. The van der Waals surface area contributed by atoms with Crippen LogP contribution in [0.2, 0.25) is 0 Å². The van der Waals surface area contributed by atoms with E-state index in [4.69, 9.17) is 9.84 Å². The van der Waals surface area contributed by atoms with Gasteiger partial charge in [-0.25, -0.2) is 14.3 Å². The molecule has 0 spiro atoms. The molecule has 0 aliphatic carbocycles. The Morgan fingerprint density at radius 2 is 2.42 bits per heavy atom. The van der Waals surface area contributed by atoms with E-state index < -0.39 is 5.97 Å². The minimum absolute atomic E-state index is 0.127. The Morgan fingerprint density at radius 3 is 3.11 bits per heavy atom. The first-order chi connectivity index (χ1) is 9.22. The van der Waals surface area contributed by atoms with Crippen LogP contribution in [0.3, 0.4) is 0 Å². The second-order valence-electron chi connectivity index (χ2n) is 4.91. The second-order valence-corrected chi connectivity index (χ2v) is 4.91. The van der Waals surface area contributed by atoms with Gasteiger partial charge in [0.25, 0.3) is 0 Å². The van der Waals surface area contributed by atoms with Crippen molar-refractivity contribution in [3.05, 3.63) is 24.0 Å². The highest BCUT2D eigenvalue weighted by Crippen LogP contribution is 2.31. The fourth-order valence-electron chi connectivity index (χ4n) is 2.85. The summed E-state index contributed by atoms with van der Waals surface area (Å²) in [4.78, 5) is 17.7. The molecule has 98 valence electrons.